The van der Waals surface area contributed by atoms with Gasteiger partial charge < -0.3 is 10.1 Å². The molecule has 1 aromatic carbocycles. The zero-order chi connectivity index (χ0) is 13.2. The molecule has 2 unspecified atom stereocenters. The van der Waals surface area contributed by atoms with Crippen molar-refractivity contribution in [2.45, 2.75) is 51.7 Å². The molecule has 0 bridgehead atoms. The van der Waals surface area contributed by atoms with Crippen molar-refractivity contribution >= 4 is 0 Å². The largest absolute Gasteiger partial charge is 0.370 e. The van der Waals surface area contributed by atoms with Crippen molar-refractivity contribution in [3.8, 4) is 0 Å². The molecule has 0 amide bonds. The summed E-state index contributed by atoms with van der Waals surface area (Å²) in [5, 5.41) is 3.61. The van der Waals surface area contributed by atoms with Crippen molar-refractivity contribution in [3.05, 3.63) is 35.4 Å². The van der Waals surface area contributed by atoms with Gasteiger partial charge in [-0.15, -0.1) is 0 Å². The highest BCUT2D eigenvalue weighted by atomic mass is 16.5. The van der Waals surface area contributed by atoms with E-state index >= 15 is 0 Å². The highest BCUT2D eigenvalue weighted by Crippen LogP contribution is 2.26. The van der Waals surface area contributed by atoms with Gasteiger partial charge >= 0.3 is 0 Å². The Morgan fingerprint density at radius 3 is 2.44 bits per heavy atom. The van der Waals surface area contributed by atoms with Crippen molar-refractivity contribution in [1.82, 2.24) is 5.32 Å². The minimum atomic E-state index is 0.147. The summed E-state index contributed by atoms with van der Waals surface area (Å²) < 4.78 is 6.01. The molecule has 2 rings (SSSR count). The number of hydrogen-bond acceptors (Lipinski definition) is 2. The first-order valence-corrected chi connectivity index (χ1v) is 7.00. The van der Waals surface area contributed by atoms with E-state index in [9.17, 15) is 0 Å². The van der Waals surface area contributed by atoms with Crippen LogP contribution < -0.4 is 5.32 Å². The lowest BCUT2D eigenvalue weighted by molar-refractivity contribution is -0.0299. The number of morpholine rings is 1. The van der Waals surface area contributed by atoms with Gasteiger partial charge in [-0.25, -0.2) is 0 Å². The summed E-state index contributed by atoms with van der Waals surface area (Å²) in [5.74, 6) is 0.591. The van der Waals surface area contributed by atoms with Gasteiger partial charge in [0.05, 0.1) is 12.7 Å². The Morgan fingerprint density at radius 2 is 2.00 bits per heavy atom. The summed E-state index contributed by atoms with van der Waals surface area (Å²) in [6.07, 6.45) is 1.30. The summed E-state index contributed by atoms with van der Waals surface area (Å²) in [6, 6.07) is 8.85. The summed E-state index contributed by atoms with van der Waals surface area (Å²) in [5.41, 5.74) is 2.82. The molecular formula is C16H25NO. The molecule has 1 aromatic rings. The number of ether oxygens (including phenoxy) is 1. The lowest BCUT2D eigenvalue weighted by atomic mass is 9.95. The highest BCUT2D eigenvalue weighted by molar-refractivity contribution is 5.26. The van der Waals surface area contributed by atoms with E-state index in [1.54, 1.807) is 0 Å². The zero-order valence-corrected chi connectivity index (χ0v) is 12.0. The van der Waals surface area contributed by atoms with E-state index in [2.05, 4.69) is 57.3 Å². The number of nitrogens with one attached hydrogen (secondary N) is 1. The van der Waals surface area contributed by atoms with Crippen LogP contribution >= 0.6 is 0 Å². The second-order valence-electron chi connectivity index (χ2n) is 5.92. The molecule has 2 heteroatoms. The monoisotopic (exact) mass is 247 g/mol. The van der Waals surface area contributed by atoms with Crippen LogP contribution in [0.15, 0.2) is 24.3 Å². The average Bonchev–Trinajstić information content (AvgIpc) is 2.40. The summed E-state index contributed by atoms with van der Waals surface area (Å²) in [4.78, 5) is 0. The third-order valence-corrected chi connectivity index (χ3v) is 4.07. The van der Waals surface area contributed by atoms with E-state index in [4.69, 9.17) is 4.74 Å². The molecule has 18 heavy (non-hydrogen) atoms. The Kier molecular flexibility index (Phi) is 4.08. The fourth-order valence-corrected chi connectivity index (χ4v) is 2.27. The first-order chi connectivity index (χ1) is 8.54. The van der Waals surface area contributed by atoms with Gasteiger partial charge in [-0.2, -0.15) is 0 Å². The highest BCUT2D eigenvalue weighted by Gasteiger charge is 2.30. The van der Waals surface area contributed by atoms with Crippen LogP contribution in [0, 0.1) is 0 Å². The van der Waals surface area contributed by atoms with E-state index < -0.39 is 0 Å². The predicted molar refractivity (Wildman–Crippen MR) is 75.9 cm³/mol. The molecule has 1 aliphatic heterocycles. The lowest BCUT2D eigenvalue weighted by Crippen LogP contribution is -2.52. The van der Waals surface area contributed by atoms with Gasteiger partial charge in [-0.05, 0) is 30.4 Å². The molecule has 1 N–H and O–H groups in total. The molecule has 1 saturated heterocycles. The van der Waals surface area contributed by atoms with Crippen molar-refractivity contribution in [2.24, 2.45) is 0 Å². The number of rotatable bonds is 3. The second-order valence-corrected chi connectivity index (χ2v) is 5.92. The van der Waals surface area contributed by atoms with Crippen LogP contribution in [0.25, 0.3) is 0 Å². The van der Waals surface area contributed by atoms with Crippen LogP contribution in [0.5, 0.6) is 0 Å². The molecular weight excluding hydrogens is 222 g/mol. The summed E-state index contributed by atoms with van der Waals surface area (Å²) >= 11 is 0. The summed E-state index contributed by atoms with van der Waals surface area (Å²) in [6.45, 7) is 10.6. The van der Waals surface area contributed by atoms with Crippen molar-refractivity contribution in [2.75, 3.05) is 13.2 Å². The molecule has 2 atom stereocenters. The van der Waals surface area contributed by atoms with Crippen LogP contribution in [-0.4, -0.2) is 18.7 Å². The maximum Gasteiger partial charge on any atom is 0.0950 e. The molecule has 0 radical (unpaired) electrons. The zero-order valence-electron chi connectivity index (χ0n) is 12.0. The van der Waals surface area contributed by atoms with E-state index in [0.29, 0.717) is 5.92 Å². The third-order valence-electron chi connectivity index (χ3n) is 4.07. The molecule has 0 spiro atoms. The topological polar surface area (TPSA) is 21.3 Å². The quantitative estimate of drug-likeness (QED) is 0.880. The van der Waals surface area contributed by atoms with Crippen LogP contribution in [0.4, 0.5) is 0 Å². The van der Waals surface area contributed by atoms with Crippen LogP contribution in [0.3, 0.4) is 0 Å². The minimum absolute atomic E-state index is 0.147. The predicted octanol–water partition coefficient (Wildman–Crippen LogP) is 3.64. The molecule has 1 aliphatic rings. The Labute approximate surface area is 111 Å². The van der Waals surface area contributed by atoms with E-state index in [-0.39, 0.29) is 11.6 Å². The van der Waals surface area contributed by atoms with E-state index in [1.165, 1.54) is 11.1 Å². The fraction of sp³-hybridized carbons (Fsp3) is 0.625. The smallest absolute Gasteiger partial charge is 0.0950 e. The molecule has 0 aromatic heterocycles. The summed E-state index contributed by atoms with van der Waals surface area (Å²) in [7, 11) is 0. The molecule has 0 saturated carbocycles. The van der Waals surface area contributed by atoms with Gasteiger partial charge in [0.1, 0.15) is 0 Å². The second kappa shape index (κ2) is 5.41. The number of benzene rings is 1. The standard InChI is InChI=1S/C16H25NO/c1-5-16(4)11-18-15(10-17-16)14-8-6-13(7-9-14)12(2)3/h6-9,12,15,17H,5,10-11H2,1-4H3. The maximum absolute atomic E-state index is 6.01. The van der Waals surface area contributed by atoms with Gasteiger partial charge in [0.25, 0.3) is 0 Å². The Hall–Kier alpha value is -0.860. The fourth-order valence-electron chi connectivity index (χ4n) is 2.27. The Morgan fingerprint density at radius 1 is 1.33 bits per heavy atom. The molecule has 1 heterocycles. The van der Waals surface area contributed by atoms with Crippen molar-refractivity contribution < 1.29 is 4.74 Å². The SMILES string of the molecule is CCC1(C)COC(c2ccc(C(C)C)cc2)CN1. The normalized spacial score (nSPS) is 28.6. The minimum Gasteiger partial charge on any atom is -0.370 e. The number of hydrogen-bond donors (Lipinski definition) is 1. The van der Waals surface area contributed by atoms with Crippen molar-refractivity contribution in [1.29, 1.82) is 0 Å². The van der Waals surface area contributed by atoms with E-state index in [0.717, 1.165) is 19.6 Å². The van der Waals surface area contributed by atoms with Crippen LogP contribution in [-0.2, 0) is 4.74 Å². The van der Waals surface area contributed by atoms with Gasteiger partial charge in [-0.3, -0.25) is 0 Å². The third kappa shape index (κ3) is 2.93. The maximum atomic E-state index is 6.01. The molecule has 1 fully saturated rings. The molecule has 2 nitrogen and oxygen atoms in total. The lowest BCUT2D eigenvalue weighted by Gasteiger charge is -2.38. The van der Waals surface area contributed by atoms with Crippen molar-refractivity contribution in [3.63, 3.8) is 0 Å². The first kappa shape index (κ1) is 13.6. The van der Waals surface area contributed by atoms with E-state index in [1.807, 2.05) is 0 Å². The molecule has 100 valence electrons. The van der Waals surface area contributed by atoms with Gasteiger partial charge in [0.2, 0.25) is 0 Å². The van der Waals surface area contributed by atoms with Gasteiger partial charge in [0, 0.05) is 12.1 Å². The first-order valence-electron chi connectivity index (χ1n) is 7.00. The van der Waals surface area contributed by atoms with Crippen LogP contribution in [0.2, 0.25) is 0 Å². The van der Waals surface area contributed by atoms with Gasteiger partial charge in [-0.1, -0.05) is 45.0 Å². The Balaban J connectivity index is 2.01. The van der Waals surface area contributed by atoms with Crippen LogP contribution in [0.1, 0.15) is 57.3 Å². The van der Waals surface area contributed by atoms with Gasteiger partial charge in [0.15, 0.2) is 0 Å². The molecule has 0 aliphatic carbocycles. The Bertz CT molecular complexity index is 375. The average molecular weight is 247 g/mol.